The first-order chi connectivity index (χ1) is 14.3. The predicted molar refractivity (Wildman–Crippen MR) is 123 cm³/mol. The third-order valence-electron chi connectivity index (χ3n) is 5.19. The Labute approximate surface area is 177 Å². The number of rotatable bonds is 2. The first-order valence-electron chi connectivity index (χ1n) is 9.69. The van der Waals surface area contributed by atoms with Crippen LogP contribution in [-0.4, -0.2) is 37.5 Å². The summed E-state index contributed by atoms with van der Waals surface area (Å²) in [5.41, 5.74) is 5.67. The van der Waals surface area contributed by atoms with Crippen molar-refractivity contribution < 1.29 is 0 Å². The summed E-state index contributed by atoms with van der Waals surface area (Å²) in [6.45, 7) is 3.94. The van der Waals surface area contributed by atoms with E-state index < -0.39 is 0 Å². The van der Waals surface area contributed by atoms with Gasteiger partial charge in [0, 0.05) is 39.0 Å². The van der Waals surface area contributed by atoms with Crippen LogP contribution < -0.4 is 10.0 Å². The Bertz CT molecular complexity index is 1190. The van der Waals surface area contributed by atoms with Gasteiger partial charge in [-0.1, -0.05) is 36.4 Å². The van der Waals surface area contributed by atoms with Gasteiger partial charge in [-0.25, -0.2) is 0 Å². The van der Waals surface area contributed by atoms with Gasteiger partial charge in [-0.05, 0) is 26.0 Å². The summed E-state index contributed by atoms with van der Waals surface area (Å²) in [6.07, 6.45) is 0. The SMILES string of the molecule is Cc1c(C#N)c2ccccc2n1N(C)C.Cc1c(C#N)c2ccccc2n1N(C)C. The molecule has 0 saturated carbocycles. The second kappa shape index (κ2) is 8.23. The molecule has 30 heavy (non-hydrogen) atoms. The quantitative estimate of drug-likeness (QED) is 0.511. The molecule has 0 N–H and O–H groups in total. The van der Waals surface area contributed by atoms with Crippen molar-refractivity contribution in [2.75, 3.05) is 38.2 Å². The molecule has 0 fully saturated rings. The molecule has 0 saturated heterocycles. The largest absolute Gasteiger partial charge is 0.319 e. The van der Waals surface area contributed by atoms with Crippen molar-refractivity contribution in [3.05, 3.63) is 71.0 Å². The van der Waals surface area contributed by atoms with E-state index in [0.29, 0.717) is 0 Å². The molecule has 2 aromatic carbocycles. The predicted octanol–water partition coefficient (Wildman–Crippen LogP) is 4.04. The van der Waals surface area contributed by atoms with Crippen LogP contribution in [0.1, 0.15) is 22.5 Å². The molecule has 0 aliphatic carbocycles. The number of nitriles is 2. The molecular weight excluding hydrogens is 372 g/mol. The van der Waals surface area contributed by atoms with E-state index in [9.17, 15) is 0 Å². The molecule has 2 heterocycles. The van der Waals surface area contributed by atoms with Gasteiger partial charge in [0.2, 0.25) is 0 Å². The van der Waals surface area contributed by atoms with Crippen molar-refractivity contribution >= 4 is 21.8 Å². The third kappa shape index (κ3) is 3.33. The van der Waals surface area contributed by atoms with E-state index in [2.05, 4.69) is 12.1 Å². The van der Waals surface area contributed by atoms with Gasteiger partial charge in [0.15, 0.2) is 0 Å². The van der Waals surface area contributed by atoms with Gasteiger partial charge in [0.05, 0.1) is 33.5 Å². The first-order valence-corrected chi connectivity index (χ1v) is 9.69. The molecule has 152 valence electrons. The summed E-state index contributed by atoms with van der Waals surface area (Å²) in [5.74, 6) is 0. The number of nitrogens with zero attached hydrogens (tertiary/aromatic N) is 6. The lowest BCUT2D eigenvalue weighted by atomic mass is 10.1. The lowest BCUT2D eigenvalue weighted by molar-refractivity contribution is 0.737. The third-order valence-corrected chi connectivity index (χ3v) is 5.19. The summed E-state index contributed by atoms with van der Waals surface area (Å²) in [6, 6.07) is 20.5. The molecule has 2 aromatic heterocycles. The fraction of sp³-hybridized carbons (Fsp3) is 0.250. The van der Waals surface area contributed by atoms with Crippen molar-refractivity contribution in [2.45, 2.75) is 13.8 Å². The van der Waals surface area contributed by atoms with Gasteiger partial charge >= 0.3 is 0 Å². The van der Waals surface area contributed by atoms with Crippen LogP contribution in [0.25, 0.3) is 21.8 Å². The van der Waals surface area contributed by atoms with E-state index >= 15 is 0 Å². The second-order valence-corrected chi connectivity index (χ2v) is 7.50. The normalized spacial score (nSPS) is 10.3. The zero-order chi connectivity index (χ0) is 22.0. The van der Waals surface area contributed by atoms with Crippen LogP contribution in [0.3, 0.4) is 0 Å². The molecule has 0 unspecified atom stereocenters. The van der Waals surface area contributed by atoms with Crippen LogP contribution in [0.15, 0.2) is 48.5 Å². The van der Waals surface area contributed by atoms with Crippen LogP contribution >= 0.6 is 0 Å². The van der Waals surface area contributed by atoms with Crippen LogP contribution in [0, 0.1) is 36.5 Å². The molecular formula is C24H26N6. The Hall–Kier alpha value is -3.90. The highest BCUT2D eigenvalue weighted by Gasteiger charge is 2.14. The lowest BCUT2D eigenvalue weighted by Gasteiger charge is -2.17. The molecule has 0 bridgehead atoms. The number of aromatic nitrogens is 2. The fourth-order valence-electron chi connectivity index (χ4n) is 4.02. The summed E-state index contributed by atoms with van der Waals surface area (Å²) in [7, 11) is 7.89. The molecule has 0 aliphatic rings. The summed E-state index contributed by atoms with van der Waals surface area (Å²) >= 11 is 0. The van der Waals surface area contributed by atoms with E-state index in [4.69, 9.17) is 10.5 Å². The number of hydrogen-bond donors (Lipinski definition) is 0. The minimum absolute atomic E-state index is 0.763. The standard InChI is InChI=1S/2C12H13N3/c2*1-9-11(8-13)10-6-4-5-7-12(10)15(9)14(2)3/h2*4-7H,1-3H3. The van der Waals surface area contributed by atoms with Gasteiger partial charge in [-0.15, -0.1) is 0 Å². The number of benzene rings is 2. The van der Waals surface area contributed by atoms with E-state index in [1.807, 2.05) is 110 Å². The molecule has 4 rings (SSSR count). The van der Waals surface area contributed by atoms with E-state index in [1.54, 1.807) is 0 Å². The molecule has 0 radical (unpaired) electrons. The van der Waals surface area contributed by atoms with Gasteiger partial charge in [-0.2, -0.15) is 10.5 Å². The molecule has 4 aromatic rings. The fourth-order valence-corrected chi connectivity index (χ4v) is 4.02. The maximum Gasteiger partial charge on any atom is 0.102 e. The Morgan fingerprint density at radius 2 is 0.967 bits per heavy atom. The highest BCUT2D eigenvalue weighted by molar-refractivity contribution is 5.89. The summed E-state index contributed by atoms with van der Waals surface area (Å²) in [4.78, 5) is 0. The average Bonchev–Trinajstić information content (AvgIpc) is 3.17. The van der Waals surface area contributed by atoms with Crippen molar-refractivity contribution in [3.8, 4) is 12.1 Å². The summed E-state index contributed by atoms with van der Waals surface area (Å²) in [5, 5.41) is 24.3. The van der Waals surface area contributed by atoms with Crippen molar-refractivity contribution in [2.24, 2.45) is 0 Å². The molecule has 0 spiro atoms. The number of para-hydroxylation sites is 2. The van der Waals surface area contributed by atoms with Crippen molar-refractivity contribution in [1.82, 2.24) is 9.35 Å². The molecule has 6 heteroatoms. The molecule has 0 atom stereocenters. The van der Waals surface area contributed by atoms with Gasteiger partial charge in [0.25, 0.3) is 0 Å². The lowest BCUT2D eigenvalue weighted by Crippen LogP contribution is -2.25. The monoisotopic (exact) mass is 398 g/mol. The zero-order valence-corrected chi connectivity index (χ0v) is 18.3. The maximum absolute atomic E-state index is 9.13. The highest BCUT2D eigenvalue weighted by atomic mass is 15.5. The van der Waals surface area contributed by atoms with Crippen molar-refractivity contribution in [1.29, 1.82) is 10.5 Å². The highest BCUT2D eigenvalue weighted by Crippen LogP contribution is 2.25. The van der Waals surface area contributed by atoms with Crippen LogP contribution in [0.2, 0.25) is 0 Å². The van der Waals surface area contributed by atoms with Gasteiger partial charge in [-0.3, -0.25) is 9.35 Å². The van der Waals surface area contributed by atoms with Crippen LogP contribution in [-0.2, 0) is 0 Å². The topological polar surface area (TPSA) is 63.9 Å². The maximum atomic E-state index is 9.13. The molecule has 0 amide bonds. The second-order valence-electron chi connectivity index (χ2n) is 7.50. The average molecular weight is 399 g/mol. The summed E-state index contributed by atoms with van der Waals surface area (Å²) < 4.78 is 4.10. The minimum atomic E-state index is 0.763. The van der Waals surface area contributed by atoms with Crippen LogP contribution in [0.5, 0.6) is 0 Å². The minimum Gasteiger partial charge on any atom is -0.319 e. The Morgan fingerprint density at radius 1 is 0.633 bits per heavy atom. The van der Waals surface area contributed by atoms with E-state index in [1.165, 1.54) is 0 Å². The zero-order valence-electron chi connectivity index (χ0n) is 18.3. The van der Waals surface area contributed by atoms with Crippen molar-refractivity contribution in [3.63, 3.8) is 0 Å². The Balaban J connectivity index is 0.000000171. The van der Waals surface area contributed by atoms with Gasteiger partial charge < -0.3 is 10.0 Å². The molecule has 6 nitrogen and oxygen atoms in total. The Morgan fingerprint density at radius 3 is 1.27 bits per heavy atom. The molecule has 0 aliphatic heterocycles. The Kier molecular flexibility index (Phi) is 5.71. The van der Waals surface area contributed by atoms with E-state index in [0.717, 1.165) is 44.3 Å². The van der Waals surface area contributed by atoms with E-state index in [-0.39, 0.29) is 0 Å². The first kappa shape index (κ1) is 20.8. The van der Waals surface area contributed by atoms with Gasteiger partial charge in [0.1, 0.15) is 12.1 Å². The smallest absolute Gasteiger partial charge is 0.102 e. The van der Waals surface area contributed by atoms with Crippen LogP contribution in [0.4, 0.5) is 0 Å². The number of hydrogen-bond acceptors (Lipinski definition) is 4. The number of fused-ring (bicyclic) bond motifs is 2.